The first-order chi connectivity index (χ1) is 16.0. The number of nitrogens with one attached hydrogen (secondary N) is 2. The third kappa shape index (κ3) is 4.68. The number of carbonyl (C=O) groups excluding carboxylic acids is 3. The number of imide groups is 1. The molecule has 7 nitrogen and oxygen atoms in total. The third-order valence-corrected chi connectivity index (χ3v) is 6.06. The highest BCUT2D eigenvalue weighted by Gasteiger charge is 2.33. The maximum absolute atomic E-state index is 13.4. The van der Waals surface area contributed by atoms with Gasteiger partial charge in [0.25, 0.3) is 11.8 Å². The number of amides is 4. The summed E-state index contributed by atoms with van der Waals surface area (Å²) >= 11 is 0. The summed E-state index contributed by atoms with van der Waals surface area (Å²) in [6, 6.07) is 15.4. The SMILES string of the molecule is CN(C)C(=O)NCCCCCCNCN1C(=O)c2cccc3cc4ccccc4c(c23)C1=O. The molecule has 3 aromatic carbocycles. The molecule has 1 aliphatic rings. The number of nitrogens with zero attached hydrogens (tertiary/aromatic N) is 2. The van der Waals surface area contributed by atoms with Gasteiger partial charge in [0, 0.05) is 31.6 Å². The lowest BCUT2D eigenvalue weighted by molar-refractivity contribution is 0.0599. The fourth-order valence-corrected chi connectivity index (χ4v) is 4.31. The van der Waals surface area contributed by atoms with Crippen LogP contribution in [0.1, 0.15) is 46.4 Å². The molecule has 0 radical (unpaired) electrons. The van der Waals surface area contributed by atoms with Crippen molar-refractivity contribution < 1.29 is 14.4 Å². The molecule has 4 amide bonds. The number of carbonyl (C=O) groups is 3. The number of urea groups is 1. The van der Waals surface area contributed by atoms with Crippen molar-refractivity contribution in [1.29, 1.82) is 0 Å². The molecule has 172 valence electrons. The van der Waals surface area contributed by atoms with E-state index in [0.29, 0.717) is 24.2 Å². The summed E-state index contributed by atoms with van der Waals surface area (Å²) < 4.78 is 0. The molecule has 7 heteroatoms. The van der Waals surface area contributed by atoms with Crippen molar-refractivity contribution in [1.82, 2.24) is 20.4 Å². The van der Waals surface area contributed by atoms with Gasteiger partial charge in [-0.1, -0.05) is 49.2 Å². The Kier molecular flexibility index (Phi) is 6.89. The Morgan fingerprint density at radius 3 is 2.39 bits per heavy atom. The van der Waals surface area contributed by atoms with E-state index in [2.05, 4.69) is 10.6 Å². The number of hydrogen-bond donors (Lipinski definition) is 2. The van der Waals surface area contributed by atoms with E-state index in [1.165, 1.54) is 9.80 Å². The topological polar surface area (TPSA) is 81.8 Å². The molecule has 33 heavy (non-hydrogen) atoms. The summed E-state index contributed by atoms with van der Waals surface area (Å²) in [6.45, 7) is 1.57. The Hall–Kier alpha value is -3.45. The number of unbranched alkanes of at least 4 members (excludes halogenated alkanes) is 3. The highest BCUT2D eigenvalue weighted by Crippen LogP contribution is 2.35. The molecule has 0 saturated carbocycles. The second-order valence-corrected chi connectivity index (χ2v) is 8.61. The van der Waals surface area contributed by atoms with E-state index in [-0.39, 0.29) is 24.5 Å². The van der Waals surface area contributed by atoms with Gasteiger partial charge in [-0.15, -0.1) is 0 Å². The van der Waals surface area contributed by atoms with Gasteiger partial charge in [-0.05, 0) is 47.7 Å². The zero-order valence-electron chi connectivity index (χ0n) is 19.2. The summed E-state index contributed by atoms with van der Waals surface area (Å²) in [4.78, 5) is 40.8. The second kappa shape index (κ2) is 10.0. The molecule has 0 saturated heterocycles. The number of hydrogen-bond acceptors (Lipinski definition) is 4. The molecular formula is C26H30N4O3. The van der Waals surface area contributed by atoms with Crippen LogP contribution in [0.4, 0.5) is 4.79 Å². The zero-order chi connectivity index (χ0) is 23.4. The van der Waals surface area contributed by atoms with Crippen LogP contribution in [0.15, 0.2) is 48.5 Å². The van der Waals surface area contributed by atoms with Gasteiger partial charge in [0.2, 0.25) is 0 Å². The Morgan fingerprint density at radius 1 is 0.879 bits per heavy atom. The van der Waals surface area contributed by atoms with Gasteiger partial charge in [-0.3, -0.25) is 19.8 Å². The van der Waals surface area contributed by atoms with E-state index in [9.17, 15) is 14.4 Å². The van der Waals surface area contributed by atoms with E-state index in [1.807, 2.05) is 42.5 Å². The highest BCUT2D eigenvalue weighted by atomic mass is 16.2. The minimum Gasteiger partial charge on any atom is -0.338 e. The molecule has 0 aliphatic carbocycles. The monoisotopic (exact) mass is 446 g/mol. The second-order valence-electron chi connectivity index (χ2n) is 8.61. The molecule has 1 aliphatic heterocycles. The molecule has 1 heterocycles. The Labute approximate surface area is 193 Å². The molecule has 0 fully saturated rings. The molecule has 4 rings (SSSR count). The van der Waals surface area contributed by atoms with Gasteiger partial charge >= 0.3 is 6.03 Å². The van der Waals surface area contributed by atoms with E-state index >= 15 is 0 Å². The Bertz CT molecular complexity index is 1200. The van der Waals surface area contributed by atoms with Gasteiger partial charge in [0.15, 0.2) is 0 Å². The smallest absolute Gasteiger partial charge is 0.316 e. The average molecular weight is 447 g/mol. The quantitative estimate of drug-likeness (QED) is 0.296. The third-order valence-electron chi connectivity index (χ3n) is 6.06. The summed E-state index contributed by atoms with van der Waals surface area (Å²) in [5, 5.41) is 9.65. The van der Waals surface area contributed by atoms with Crippen LogP contribution >= 0.6 is 0 Å². The van der Waals surface area contributed by atoms with Crippen molar-refractivity contribution in [3.05, 3.63) is 59.7 Å². The van der Waals surface area contributed by atoms with E-state index < -0.39 is 0 Å². The lowest BCUT2D eigenvalue weighted by Crippen LogP contribution is -2.45. The van der Waals surface area contributed by atoms with Gasteiger partial charge in [-0.25, -0.2) is 4.79 Å². The van der Waals surface area contributed by atoms with Crippen LogP contribution in [0.2, 0.25) is 0 Å². The molecule has 3 aromatic rings. The first-order valence-corrected chi connectivity index (χ1v) is 11.5. The van der Waals surface area contributed by atoms with Crippen molar-refractivity contribution in [3.8, 4) is 0 Å². The summed E-state index contributed by atoms with van der Waals surface area (Å²) in [7, 11) is 3.45. The molecule has 0 atom stereocenters. The van der Waals surface area contributed by atoms with Crippen molar-refractivity contribution >= 4 is 39.4 Å². The zero-order valence-corrected chi connectivity index (χ0v) is 19.2. The predicted octanol–water partition coefficient (Wildman–Crippen LogP) is 3.97. The molecule has 0 spiro atoms. The fraction of sp³-hybridized carbons (Fsp3) is 0.346. The maximum atomic E-state index is 13.4. The van der Waals surface area contributed by atoms with E-state index in [1.54, 1.807) is 20.2 Å². The summed E-state index contributed by atoms with van der Waals surface area (Å²) in [5.41, 5.74) is 1.19. The van der Waals surface area contributed by atoms with Gasteiger partial charge in [0.05, 0.1) is 12.2 Å². The van der Waals surface area contributed by atoms with Crippen LogP contribution in [-0.2, 0) is 0 Å². The Balaban J connectivity index is 1.34. The van der Waals surface area contributed by atoms with Gasteiger partial charge < -0.3 is 10.2 Å². The van der Waals surface area contributed by atoms with Crippen LogP contribution in [-0.4, -0.2) is 61.5 Å². The molecule has 2 N–H and O–H groups in total. The first-order valence-electron chi connectivity index (χ1n) is 11.5. The van der Waals surface area contributed by atoms with Crippen LogP contribution in [0, 0.1) is 0 Å². The van der Waals surface area contributed by atoms with E-state index in [0.717, 1.165) is 47.2 Å². The minimum absolute atomic E-state index is 0.0717. The van der Waals surface area contributed by atoms with Gasteiger partial charge in [0.1, 0.15) is 0 Å². The van der Waals surface area contributed by atoms with Crippen molar-refractivity contribution in [2.45, 2.75) is 25.7 Å². The summed E-state index contributed by atoms with van der Waals surface area (Å²) in [5.74, 6) is -0.498. The fourth-order valence-electron chi connectivity index (χ4n) is 4.31. The normalized spacial score (nSPS) is 13.1. The average Bonchev–Trinajstić information content (AvgIpc) is 2.81. The van der Waals surface area contributed by atoms with Crippen molar-refractivity contribution in [2.24, 2.45) is 0 Å². The highest BCUT2D eigenvalue weighted by molar-refractivity contribution is 6.30. The van der Waals surface area contributed by atoms with Crippen LogP contribution < -0.4 is 10.6 Å². The maximum Gasteiger partial charge on any atom is 0.316 e. The largest absolute Gasteiger partial charge is 0.338 e. The van der Waals surface area contributed by atoms with E-state index in [4.69, 9.17) is 0 Å². The van der Waals surface area contributed by atoms with Crippen molar-refractivity contribution in [3.63, 3.8) is 0 Å². The molecule has 0 bridgehead atoms. The standard InChI is InChI=1S/C26H30N4O3/c1-29(2)26(33)28-15-8-4-3-7-14-27-17-30-24(31)21-13-9-11-19-16-18-10-5-6-12-20(18)23(22(19)21)25(30)32/h5-6,9-13,16,27H,3-4,7-8,14-15,17H2,1-2H3,(H,28,33). The van der Waals surface area contributed by atoms with Crippen LogP contribution in [0.25, 0.3) is 21.5 Å². The number of rotatable bonds is 9. The molecule has 0 unspecified atom stereocenters. The first kappa shape index (κ1) is 22.7. The lowest BCUT2D eigenvalue weighted by atomic mass is 9.90. The molecular weight excluding hydrogens is 416 g/mol. The Morgan fingerprint density at radius 2 is 1.61 bits per heavy atom. The summed E-state index contributed by atoms with van der Waals surface area (Å²) in [6.07, 6.45) is 3.89. The number of fused-ring (bicyclic) bond motifs is 2. The number of benzene rings is 3. The molecule has 0 aromatic heterocycles. The minimum atomic E-state index is -0.252. The van der Waals surface area contributed by atoms with Crippen molar-refractivity contribution in [2.75, 3.05) is 33.9 Å². The lowest BCUT2D eigenvalue weighted by Gasteiger charge is -2.28. The van der Waals surface area contributed by atoms with Crippen LogP contribution in [0.3, 0.4) is 0 Å². The van der Waals surface area contributed by atoms with Gasteiger partial charge in [-0.2, -0.15) is 0 Å². The van der Waals surface area contributed by atoms with Crippen LogP contribution in [0.5, 0.6) is 0 Å². The predicted molar refractivity (Wildman–Crippen MR) is 130 cm³/mol.